The van der Waals surface area contributed by atoms with E-state index in [9.17, 15) is 4.79 Å². The van der Waals surface area contributed by atoms with E-state index < -0.39 is 0 Å². The van der Waals surface area contributed by atoms with E-state index >= 15 is 0 Å². The molecule has 0 radical (unpaired) electrons. The largest absolute Gasteiger partial charge is 0.381 e. The van der Waals surface area contributed by atoms with Crippen molar-refractivity contribution in [2.24, 2.45) is 11.8 Å². The van der Waals surface area contributed by atoms with Crippen LogP contribution in [-0.2, 0) is 9.53 Å². The highest BCUT2D eigenvalue weighted by Crippen LogP contribution is 2.28. The molecular weight excluding hydrogens is 142 g/mol. The van der Waals surface area contributed by atoms with Gasteiger partial charge in [-0.05, 0) is 0 Å². The summed E-state index contributed by atoms with van der Waals surface area (Å²) >= 11 is 0. The van der Waals surface area contributed by atoms with Crippen molar-refractivity contribution >= 4 is 5.91 Å². The van der Waals surface area contributed by atoms with Crippen molar-refractivity contribution in [3.05, 3.63) is 0 Å². The van der Waals surface area contributed by atoms with Crippen molar-refractivity contribution in [1.82, 2.24) is 4.90 Å². The van der Waals surface area contributed by atoms with Gasteiger partial charge in [0.15, 0.2) is 0 Å². The smallest absolute Gasteiger partial charge is 0.219 e. The third kappa shape index (κ3) is 1.13. The Labute approximate surface area is 66.3 Å². The van der Waals surface area contributed by atoms with Crippen LogP contribution in [-0.4, -0.2) is 37.1 Å². The maximum Gasteiger partial charge on any atom is 0.219 e. The predicted octanol–water partition coefficient (Wildman–Crippen LogP) is 0.111. The van der Waals surface area contributed by atoms with Crippen LogP contribution in [0.15, 0.2) is 0 Å². The Morgan fingerprint density at radius 1 is 1.36 bits per heavy atom. The Morgan fingerprint density at radius 3 is 2.36 bits per heavy atom. The zero-order valence-electron chi connectivity index (χ0n) is 6.75. The van der Waals surface area contributed by atoms with Crippen LogP contribution in [0, 0.1) is 11.8 Å². The van der Waals surface area contributed by atoms with Gasteiger partial charge in [0.05, 0.1) is 13.2 Å². The molecule has 2 heterocycles. The van der Waals surface area contributed by atoms with Crippen LogP contribution < -0.4 is 0 Å². The molecule has 0 aromatic heterocycles. The van der Waals surface area contributed by atoms with E-state index in [0.717, 1.165) is 26.3 Å². The molecule has 2 saturated heterocycles. The average molecular weight is 155 g/mol. The lowest BCUT2D eigenvalue weighted by atomic mass is 10.0. The fraction of sp³-hybridized carbons (Fsp3) is 0.875. The third-order valence-corrected chi connectivity index (χ3v) is 2.69. The highest BCUT2D eigenvalue weighted by Gasteiger charge is 2.37. The molecular formula is C8H13NO2. The molecule has 11 heavy (non-hydrogen) atoms. The van der Waals surface area contributed by atoms with E-state index in [-0.39, 0.29) is 5.91 Å². The molecule has 0 bridgehead atoms. The Kier molecular flexibility index (Phi) is 1.60. The minimum absolute atomic E-state index is 0.208. The SMILES string of the molecule is CC(=O)N1CC2COCC2C1. The molecule has 0 spiro atoms. The van der Waals surface area contributed by atoms with E-state index in [1.807, 2.05) is 4.90 Å². The highest BCUT2D eigenvalue weighted by molar-refractivity contribution is 5.73. The van der Waals surface area contributed by atoms with Gasteiger partial charge in [0.2, 0.25) is 5.91 Å². The molecule has 2 aliphatic heterocycles. The molecule has 62 valence electrons. The van der Waals surface area contributed by atoms with Gasteiger partial charge in [-0.15, -0.1) is 0 Å². The number of nitrogens with zero attached hydrogens (tertiary/aromatic N) is 1. The molecule has 3 heteroatoms. The van der Waals surface area contributed by atoms with E-state index in [1.165, 1.54) is 0 Å². The van der Waals surface area contributed by atoms with Crippen molar-refractivity contribution in [3.8, 4) is 0 Å². The van der Waals surface area contributed by atoms with Gasteiger partial charge in [0.1, 0.15) is 0 Å². The maximum absolute atomic E-state index is 11.0. The first-order valence-electron chi connectivity index (χ1n) is 4.10. The summed E-state index contributed by atoms with van der Waals surface area (Å²) < 4.78 is 5.30. The van der Waals surface area contributed by atoms with E-state index in [2.05, 4.69) is 0 Å². The number of carbonyl (C=O) groups excluding carboxylic acids is 1. The van der Waals surface area contributed by atoms with E-state index in [1.54, 1.807) is 6.92 Å². The van der Waals surface area contributed by atoms with Gasteiger partial charge < -0.3 is 9.64 Å². The summed E-state index contributed by atoms with van der Waals surface area (Å²) in [6.45, 7) is 5.19. The number of carbonyl (C=O) groups is 1. The first-order chi connectivity index (χ1) is 5.27. The molecule has 2 atom stereocenters. The fourth-order valence-electron chi connectivity index (χ4n) is 1.94. The summed E-state index contributed by atoms with van der Waals surface area (Å²) in [6, 6.07) is 0. The van der Waals surface area contributed by atoms with Crippen LogP contribution in [0.3, 0.4) is 0 Å². The maximum atomic E-state index is 11.0. The van der Waals surface area contributed by atoms with Crippen molar-refractivity contribution in [2.45, 2.75) is 6.92 Å². The van der Waals surface area contributed by atoms with Crippen molar-refractivity contribution in [1.29, 1.82) is 0 Å². The molecule has 2 rings (SSSR count). The Balaban J connectivity index is 1.99. The summed E-state index contributed by atoms with van der Waals surface area (Å²) in [7, 11) is 0. The molecule has 0 aromatic rings. The molecule has 3 nitrogen and oxygen atoms in total. The standard InChI is InChI=1S/C8H13NO2/c1-6(10)9-2-7-4-11-5-8(7)3-9/h7-8H,2-5H2,1H3. The van der Waals surface area contributed by atoms with Gasteiger partial charge in [0, 0.05) is 31.8 Å². The van der Waals surface area contributed by atoms with Crippen LogP contribution in [0.4, 0.5) is 0 Å². The zero-order valence-corrected chi connectivity index (χ0v) is 6.75. The lowest BCUT2D eigenvalue weighted by Crippen LogP contribution is -2.27. The molecule has 2 unspecified atom stereocenters. The monoisotopic (exact) mass is 155 g/mol. The molecule has 2 fully saturated rings. The van der Waals surface area contributed by atoms with Gasteiger partial charge >= 0.3 is 0 Å². The van der Waals surface area contributed by atoms with E-state index in [0.29, 0.717) is 11.8 Å². The number of likely N-dealkylation sites (tertiary alicyclic amines) is 1. The molecule has 0 saturated carbocycles. The second-order valence-electron chi connectivity index (χ2n) is 3.48. The normalized spacial score (nSPS) is 35.9. The molecule has 2 aliphatic rings. The highest BCUT2D eigenvalue weighted by atomic mass is 16.5. The Bertz CT molecular complexity index is 169. The molecule has 1 amide bonds. The fourth-order valence-corrected chi connectivity index (χ4v) is 1.94. The van der Waals surface area contributed by atoms with Gasteiger partial charge in [-0.3, -0.25) is 4.79 Å². The first kappa shape index (κ1) is 7.10. The first-order valence-corrected chi connectivity index (χ1v) is 4.10. The van der Waals surface area contributed by atoms with E-state index in [4.69, 9.17) is 4.74 Å². The van der Waals surface area contributed by atoms with Gasteiger partial charge in [-0.1, -0.05) is 0 Å². The van der Waals surface area contributed by atoms with Crippen molar-refractivity contribution in [2.75, 3.05) is 26.3 Å². The lowest BCUT2D eigenvalue weighted by molar-refractivity contribution is -0.128. The van der Waals surface area contributed by atoms with Gasteiger partial charge in [-0.2, -0.15) is 0 Å². The summed E-state index contributed by atoms with van der Waals surface area (Å²) in [6.07, 6.45) is 0. The average Bonchev–Trinajstić information content (AvgIpc) is 2.40. The number of hydrogen-bond donors (Lipinski definition) is 0. The van der Waals surface area contributed by atoms with Crippen LogP contribution >= 0.6 is 0 Å². The molecule has 0 aliphatic carbocycles. The second kappa shape index (κ2) is 2.48. The number of rotatable bonds is 0. The summed E-state index contributed by atoms with van der Waals surface area (Å²) in [5, 5.41) is 0. The summed E-state index contributed by atoms with van der Waals surface area (Å²) in [5.41, 5.74) is 0. The summed E-state index contributed by atoms with van der Waals surface area (Å²) in [4.78, 5) is 12.9. The summed E-state index contributed by atoms with van der Waals surface area (Å²) in [5.74, 6) is 1.46. The lowest BCUT2D eigenvalue weighted by Gasteiger charge is -2.13. The topological polar surface area (TPSA) is 29.5 Å². The van der Waals surface area contributed by atoms with Gasteiger partial charge in [-0.25, -0.2) is 0 Å². The number of ether oxygens (including phenoxy) is 1. The number of fused-ring (bicyclic) bond motifs is 1. The quantitative estimate of drug-likeness (QED) is 0.497. The molecule has 0 aromatic carbocycles. The van der Waals surface area contributed by atoms with Crippen LogP contribution in [0.2, 0.25) is 0 Å². The minimum atomic E-state index is 0.208. The second-order valence-corrected chi connectivity index (χ2v) is 3.48. The van der Waals surface area contributed by atoms with Crippen LogP contribution in [0.25, 0.3) is 0 Å². The number of amides is 1. The number of hydrogen-bond acceptors (Lipinski definition) is 2. The Morgan fingerprint density at radius 2 is 1.91 bits per heavy atom. The molecule has 0 N–H and O–H groups in total. The third-order valence-electron chi connectivity index (χ3n) is 2.69. The van der Waals surface area contributed by atoms with Crippen molar-refractivity contribution in [3.63, 3.8) is 0 Å². The Hall–Kier alpha value is -0.570. The van der Waals surface area contributed by atoms with Crippen LogP contribution in [0.1, 0.15) is 6.92 Å². The minimum Gasteiger partial charge on any atom is -0.381 e. The van der Waals surface area contributed by atoms with Crippen LogP contribution in [0.5, 0.6) is 0 Å². The van der Waals surface area contributed by atoms with Crippen molar-refractivity contribution < 1.29 is 9.53 Å². The predicted molar refractivity (Wildman–Crippen MR) is 40.1 cm³/mol. The van der Waals surface area contributed by atoms with Gasteiger partial charge in [0.25, 0.3) is 0 Å². The zero-order chi connectivity index (χ0) is 7.84.